The summed E-state index contributed by atoms with van der Waals surface area (Å²) < 4.78 is 0. The SMILES string of the molecule is CCC1C(=O)NC(=O)CN1C(=O)CC(C)C1CCCNC1. The summed E-state index contributed by atoms with van der Waals surface area (Å²) >= 11 is 0. The van der Waals surface area contributed by atoms with Gasteiger partial charge < -0.3 is 10.2 Å². The van der Waals surface area contributed by atoms with Crippen LogP contribution in [-0.2, 0) is 14.4 Å². The molecule has 0 aromatic rings. The number of carbonyl (C=O) groups is 3. The highest BCUT2D eigenvalue weighted by Crippen LogP contribution is 2.24. The maximum atomic E-state index is 12.5. The van der Waals surface area contributed by atoms with Gasteiger partial charge in [0, 0.05) is 6.42 Å². The van der Waals surface area contributed by atoms with Crippen LogP contribution in [0.5, 0.6) is 0 Å². The lowest BCUT2D eigenvalue weighted by atomic mass is 9.85. The van der Waals surface area contributed by atoms with Gasteiger partial charge in [0.2, 0.25) is 17.7 Å². The molecule has 0 spiro atoms. The van der Waals surface area contributed by atoms with Gasteiger partial charge in [-0.15, -0.1) is 0 Å². The Labute approximate surface area is 125 Å². The van der Waals surface area contributed by atoms with E-state index in [2.05, 4.69) is 17.6 Å². The second-order valence-electron chi connectivity index (χ2n) is 6.15. The molecule has 2 aliphatic rings. The van der Waals surface area contributed by atoms with Crippen LogP contribution < -0.4 is 10.6 Å². The van der Waals surface area contributed by atoms with Gasteiger partial charge in [-0.3, -0.25) is 19.7 Å². The zero-order valence-corrected chi connectivity index (χ0v) is 12.9. The van der Waals surface area contributed by atoms with E-state index >= 15 is 0 Å². The van der Waals surface area contributed by atoms with E-state index in [4.69, 9.17) is 0 Å². The van der Waals surface area contributed by atoms with Crippen molar-refractivity contribution in [3.63, 3.8) is 0 Å². The van der Waals surface area contributed by atoms with Crippen molar-refractivity contribution >= 4 is 17.7 Å². The molecule has 2 N–H and O–H groups in total. The number of hydrogen-bond acceptors (Lipinski definition) is 4. The fourth-order valence-electron chi connectivity index (χ4n) is 3.26. The third-order valence-corrected chi connectivity index (χ3v) is 4.60. The van der Waals surface area contributed by atoms with E-state index in [9.17, 15) is 14.4 Å². The summed E-state index contributed by atoms with van der Waals surface area (Å²) in [7, 11) is 0. The van der Waals surface area contributed by atoms with Gasteiger partial charge in [-0.2, -0.15) is 0 Å². The van der Waals surface area contributed by atoms with Crippen molar-refractivity contribution in [3.8, 4) is 0 Å². The number of piperidine rings is 1. The molecule has 0 saturated carbocycles. The van der Waals surface area contributed by atoms with Gasteiger partial charge >= 0.3 is 0 Å². The average Bonchev–Trinajstić information content (AvgIpc) is 2.47. The van der Waals surface area contributed by atoms with Crippen molar-refractivity contribution in [1.29, 1.82) is 0 Å². The molecule has 0 aromatic carbocycles. The summed E-state index contributed by atoms with van der Waals surface area (Å²) in [4.78, 5) is 37.2. The molecule has 6 heteroatoms. The molecule has 118 valence electrons. The Morgan fingerprint density at radius 1 is 1.43 bits per heavy atom. The number of amides is 3. The van der Waals surface area contributed by atoms with Gasteiger partial charge in [0.15, 0.2) is 0 Å². The van der Waals surface area contributed by atoms with Gasteiger partial charge in [-0.05, 0) is 44.2 Å². The summed E-state index contributed by atoms with van der Waals surface area (Å²) in [6.07, 6.45) is 3.22. The zero-order valence-electron chi connectivity index (χ0n) is 12.9. The first-order chi connectivity index (χ1) is 10.0. The largest absolute Gasteiger partial charge is 0.321 e. The lowest BCUT2D eigenvalue weighted by Gasteiger charge is -2.35. The predicted octanol–water partition coefficient (Wildman–Crippen LogP) is 0.276. The second kappa shape index (κ2) is 7.02. The standard InChI is InChI=1S/C15H25N3O3/c1-3-12-15(21)17-13(19)9-18(12)14(20)7-10(2)11-5-4-6-16-8-11/h10-12,16H,3-9H2,1-2H3,(H,17,19,21). The number of hydrogen-bond donors (Lipinski definition) is 2. The molecule has 2 saturated heterocycles. The smallest absolute Gasteiger partial charge is 0.249 e. The Kier molecular flexibility index (Phi) is 5.33. The van der Waals surface area contributed by atoms with Gasteiger partial charge in [0.1, 0.15) is 12.6 Å². The fourth-order valence-corrected chi connectivity index (χ4v) is 3.26. The maximum Gasteiger partial charge on any atom is 0.249 e. The van der Waals surface area contributed by atoms with E-state index in [1.54, 1.807) is 0 Å². The second-order valence-corrected chi connectivity index (χ2v) is 6.15. The fraction of sp³-hybridized carbons (Fsp3) is 0.800. The molecule has 3 unspecified atom stereocenters. The molecule has 21 heavy (non-hydrogen) atoms. The van der Waals surface area contributed by atoms with E-state index < -0.39 is 6.04 Å². The first-order valence-electron chi connectivity index (χ1n) is 7.86. The third-order valence-electron chi connectivity index (χ3n) is 4.60. The number of rotatable bonds is 4. The van der Waals surface area contributed by atoms with Crippen molar-refractivity contribution in [1.82, 2.24) is 15.5 Å². The average molecular weight is 295 g/mol. The number of piperazine rings is 1. The summed E-state index contributed by atoms with van der Waals surface area (Å²) in [5.74, 6) is -0.0535. The third kappa shape index (κ3) is 3.81. The minimum Gasteiger partial charge on any atom is -0.321 e. The van der Waals surface area contributed by atoms with Crippen molar-refractivity contribution in [3.05, 3.63) is 0 Å². The number of carbonyl (C=O) groups excluding carboxylic acids is 3. The highest BCUT2D eigenvalue weighted by Gasteiger charge is 2.36. The van der Waals surface area contributed by atoms with Crippen LogP contribution in [0.25, 0.3) is 0 Å². The van der Waals surface area contributed by atoms with Crippen LogP contribution in [0.2, 0.25) is 0 Å². The molecule has 0 aromatic heterocycles. The highest BCUT2D eigenvalue weighted by molar-refractivity contribution is 6.04. The van der Waals surface area contributed by atoms with Crippen molar-refractivity contribution in [2.24, 2.45) is 11.8 Å². The lowest BCUT2D eigenvalue weighted by Crippen LogP contribution is -2.59. The van der Waals surface area contributed by atoms with Gasteiger partial charge in [0.25, 0.3) is 0 Å². The van der Waals surface area contributed by atoms with Crippen LogP contribution in [0, 0.1) is 11.8 Å². The van der Waals surface area contributed by atoms with E-state index in [0.29, 0.717) is 18.8 Å². The quantitative estimate of drug-likeness (QED) is 0.730. The predicted molar refractivity (Wildman–Crippen MR) is 78.3 cm³/mol. The Morgan fingerprint density at radius 2 is 2.19 bits per heavy atom. The monoisotopic (exact) mass is 295 g/mol. The molecular weight excluding hydrogens is 270 g/mol. The molecule has 2 fully saturated rings. The van der Waals surface area contributed by atoms with Crippen LogP contribution in [0.4, 0.5) is 0 Å². The Morgan fingerprint density at radius 3 is 2.81 bits per heavy atom. The first-order valence-corrected chi connectivity index (χ1v) is 7.86. The normalized spacial score (nSPS) is 28.2. The van der Waals surface area contributed by atoms with E-state index in [0.717, 1.165) is 25.9 Å². The van der Waals surface area contributed by atoms with E-state index in [1.165, 1.54) is 4.90 Å². The molecule has 2 rings (SSSR count). The number of nitrogens with zero attached hydrogens (tertiary/aromatic N) is 1. The topological polar surface area (TPSA) is 78.5 Å². The minimum atomic E-state index is -0.508. The minimum absolute atomic E-state index is 0.00127. The number of nitrogens with one attached hydrogen (secondary N) is 2. The molecular formula is C15H25N3O3. The van der Waals surface area contributed by atoms with E-state index in [1.807, 2.05) is 6.92 Å². The Bertz CT molecular complexity index is 418. The zero-order chi connectivity index (χ0) is 15.4. The molecule has 3 atom stereocenters. The summed E-state index contributed by atoms with van der Waals surface area (Å²) in [6.45, 7) is 5.94. The first kappa shape index (κ1) is 15.9. The molecule has 0 radical (unpaired) electrons. The van der Waals surface area contributed by atoms with E-state index in [-0.39, 0.29) is 30.2 Å². The Hall–Kier alpha value is -1.43. The molecule has 3 amide bonds. The van der Waals surface area contributed by atoms with Crippen molar-refractivity contribution < 1.29 is 14.4 Å². The Balaban J connectivity index is 1.96. The van der Waals surface area contributed by atoms with Crippen molar-refractivity contribution in [2.75, 3.05) is 19.6 Å². The van der Waals surface area contributed by atoms with Crippen LogP contribution >= 0.6 is 0 Å². The molecule has 2 heterocycles. The van der Waals surface area contributed by atoms with Crippen LogP contribution in [0.3, 0.4) is 0 Å². The summed E-state index contributed by atoms with van der Waals surface area (Å²) in [5, 5.41) is 5.66. The van der Waals surface area contributed by atoms with Gasteiger partial charge in [-0.25, -0.2) is 0 Å². The van der Waals surface area contributed by atoms with Crippen molar-refractivity contribution in [2.45, 2.75) is 45.6 Å². The highest BCUT2D eigenvalue weighted by atomic mass is 16.2. The van der Waals surface area contributed by atoms with Gasteiger partial charge in [0.05, 0.1) is 0 Å². The molecule has 0 bridgehead atoms. The molecule has 0 aliphatic carbocycles. The van der Waals surface area contributed by atoms with Crippen LogP contribution in [-0.4, -0.2) is 48.3 Å². The maximum absolute atomic E-state index is 12.5. The number of imide groups is 1. The van der Waals surface area contributed by atoms with Crippen LogP contribution in [0.1, 0.15) is 39.5 Å². The molecule has 6 nitrogen and oxygen atoms in total. The lowest BCUT2D eigenvalue weighted by molar-refractivity contribution is -0.150. The summed E-state index contributed by atoms with van der Waals surface area (Å²) in [6, 6.07) is -0.508. The van der Waals surface area contributed by atoms with Crippen LogP contribution in [0.15, 0.2) is 0 Å². The van der Waals surface area contributed by atoms with Gasteiger partial charge in [-0.1, -0.05) is 13.8 Å². The summed E-state index contributed by atoms with van der Waals surface area (Å²) in [5.41, 5.74) is 0. The molecule has 2 aliphatic heterocycles.